The molecule has 2 N–H and O–H groups in total. The van der Waals surface area contributed by atoms with Crippen LogP contribution in [0.3, 0.4) is 0 Å². The maximum absolute atomic E-state index is 11.8. The third-order valence-electron chi connectivity index (χ3n) is 2.85. The van der Waals surface area contributed by atoms with Crippen LogP contribution in [0.4, 0.5) is 5.69 Å². The van der Waals surface area contributed by atoms with Crippen molar-refractivity contribution in [2.45, 2.75) is 25.7 Å². The predicted molar refractivity (Wildman–Crippen MR) is 75.6 cm³/mol. The van der Waals surface area contributed by atoms with Crippen molar-refractivity contribution in [2.75, 3.05) is 13.2 Å². The molecule has 0 unspecified atom stereocenters. The Hall–Kier alpha value is -2.19. The summed E-state index contributed by atoms with van der Waals surface area (Å²) in [5.74, 6) is -0.304. The second-order valence-electron chi connectivity index (χ2n) is 4.42. The number of hydrogen-bond donors (Lipinski definition) is 2. The molecule has 0 aliphatic heterocycles. The molecule has 5 nitrogen and oxygen atoms in total. The predicted octanol–water partition coefficient (Wildman–Crippen LogP) is 2.09. The van der Waals surface area contributed by atoms with Gasteiger partial charge in [-0.25, -0.2) is 4.85 Å². The Morgan fingerprint density at radius 2 is 1.85 bits per heavy atom. The highest BCUT2D eigenvalue weighted by molar-refractivity contribution is 5.94. The molecule has 5 heteroatoms. The lowest BCUT2D eigenvalue weighted by Gasteiger charge is -2.05. The number of benzene rings is 1. The van der Waals surface area contributed by atoms with Crippen molar-refractivity contribution in [1.82, 2.24) is 5.32 Å². The topological polar surface area (TPSA) is 70.8 Å². The molecule has 0 saturated heterocycles. The number of aliphatic hydroxyl groups excluding tert-OH is 1. The molecule has 0 atom stereocenters. The average molecular weight is 274 g/mol. The maximum Gasteiger partial charge on any atom is 0.251 e. The van der Waals surface area contributed by atoms with Crippen molar-refractivity contribution in [3.05, 3.63) is 41.2 Å². The molecule has 0 aliphatic rings. The van der Waals surface area contributed by atoms with Crippen LogP contribution in [0, 0.1) is 6.57 Å². The molecule has 20 heavy (non-hydrogen) atoms. The van der Waals surface area contributed by atoms with Crippen LogP contribution in [0.1, 0.15) is 36.0 Å². The molecule has 0 heterocycles. The summed E-state index contributed by atoms with van der Waals surface area (Å²) in [5, 5.41) is 11.3. The lowest BCUT2D eigenvalue weighted by Crippen LogP contribution is -2.24. The van der Waals surface area contributed by atoms with Crippen LogP contribution in [0.15, 0.2) is 24.3 Å². The molecular weight excluding hydrogens is 256 g/mol. The molecule has 0 aliphatic carbocycles. The number of hydrogen-bond acceptors (Lipinski definition) is 3. The minimum Gasteiger partial charge on any atom is -0.389 e. The zero-order valence-corrected chi connectivity index (χ0v) is 11.3. The third-order valence-corrected chi connectivity index (χ3v) is 2.85. The van der Waals surface area contributed by atoms with Crippen LogP contribution >= 0.6 is 0 Å². The summed E-state index contributed by atoms with van der Waals surface area (Å²) in [5.41, 5.74) is 1.04. The van der Waals surface area contributed by atoms with Gasteiger partial charge in [-0.15, -0.1) is 0 Å². The van der Waals surface area contributed by atoms with Crippen LogP contribution in [0.5, 0.6) is 0 Å². The fraction of sp³-hybridized carbons (Fsp3) is 0.400. The Labute approximate surface area is 118 Å². The van der Waals surface area contributed by atoms with E-state index in [4.69, 9.17) is 11.7 Å². The summed E-state index contributed by atoms with van der Waals surface area (Å²) in [6.45, 7) is 6.99. The molecule has 1 aromatic rings. The molecule has 1 aromatic carbocycles. The second-order valence-corrected chi connectivity index (χ2v) is 4.42. The van der Waals surface area contributed by atoms with Crippen LogP contribution < -0.4 is 5.32 Å². The van der Waals surface area contributed by atoms with Crippen molar-refractivity contribution in [3.8, 4) is 0 Å². The first-order chi connectivity index (χ1) is 9.67. The number of amides is 1. The summed E-state index contributed by atoms with van der Waals surface area (Å²) in [6.07, 6.45) is 2.75. The maximum atomic E-state index is 11.8. The van der Waals surface area contributed by atoms with Gasteiger partial charge >= 0.3 is 0 Å². The summed E-state index contributed by atoms with van der Waals surface area (Å²) in [4.78, 5) is 25.9. The molecular formula is C15H18N2O3. The number of aliphatic hydroxyl groups is 1. The molecule has 0 spiro atoms. The van der Waals surface area contributed by atoms with Gasteiger partial charge in [-0.3, -0.25) is 9.59 Å². The van der Waals surface area contributed by atoms with Gasteiger partial charge in [-0.2, -0.15) is 0 Å². The molecule has 1 rings (SSSR count). The van der Waals surface area contributed by atoms with Gasteiger partial charge in [0, 0.05) is 18.5 Å². The van der Waals surface area contributed by atoms with Gasteiger partial charge in [0.05, 0.1) is 6.57 Å². The molecule has 1 amide bonds. The Morgan fingerprint density at radius 3 is 2.45 bits per heavy atom. The second kappa shape index (κ2) is 8.83. The van der Waals surface area contributed by atoms with Gasteiger partial charge in [-0.1, -0.05) is 30.7 Å². The summed E-state index contributed by atoms with van der Waals surface area (Å²) < 4.78 is 0. The minimum absolute atomic E-state index is 0.145. The van der Waals surface area contributed by atoms with Gasteiger partial charge in [0.25, 0.3) is 5.91 Å². The smallest absolute Gasteiger partial charge is 0.251 e. The molecule has 0 saturated carbocycles. The van der Waals surface area contributed by atoms with Crippen molar-refractivity contribution in [3.63, 3.8) is 0 Å². The number of unbranched alkanes of at least 4 members (excludes halogenated alkanes) is 2. The quantitative estimate of drug-likeness (QED) is 0.563. The van der Waals surface area contributed by atoms with E-state index in [2.05, 4.69) is 10.2 Å². The number of nitrogens with one attached hydrogen (secondary N) is 1. The van der Waals surface area contributed by atoms with E-state index in [9.17, 15) is 9.59 Å². The Bertz CT molecular complexity index is 489. The normalized spacial score (nSPS) is 9.80. The number of carbonyl (C=O) groups excluding carboxylic acids is 2. The SMILES string of the molecule is [C-]#[N+]c1ccc(C(=O)NCCCCCC(=O)CO)cc1. The van der Waals surface area contributed by atoms with E-state index in [1.54, 1.807) is 24.3 Å². The van der Waals surface area contributed by atoms with E-state index >= 15 is 0 Å². The third kappa shape index (κ3) is 5.63. The largest absolute Gasteiger partial charge is 0.389 e. The first-order valence-electron chi connectivity index (χ1n) is 6.55. The summed E-state index contributed by atoms with van der Waals surface area (Å²) in [6, 6.07) is 6.48. The molecule has 0 fully saturated rings. The highest BCUT2D eigenvalue weighted by atomic mass is 16.3. The van der Waals surface area contributed by atoms with Gasteiger partial charge in [0.1, 0.15) is 6.61 Å². The van der Waals surface area contributed by atoms with E-state index in [0.29, 0.717) is 24.2 Å². The Balaban J connectivity index is 2.20. The number of carbonyl (C=O) groups is 2. The number of nitrogens with zero attached hydrogens (tertiary/aromatic N) is 1. The fourth-order valence-corrected chi connectivity index (χ4v) is 1.69. The minimum atomic E-state index is -0.392. The number of ketones is 1. The number of rotatable bonds is 8. The monoisotopic (exact) mass is 274 g/mol. The average Bonchev–Trinajstić information content (AvgIpc) is 2.50. The highest BCUT2D eigenvalue weighted by Crippen LogP contribution is 2.12. The van der Waals surface area contributed by atoms with Crippen LogP contribution in [-0.2, 0) is 4.79 Å². The molecule has 0 aromatic heterocycles. The lowest BCUT2D eigenvalue weighted by atomic mass is 10.1. The van der Waals surface area contributed by atoms with E-state index in [-0.39, 0.29) is 11.7 Å². The highest BCUT2D eigenvalue weighted by Gasteiger charge is 2.04. The van der Waals surface area contributed by atoms with Crippen LogP contribution in [0.2, 0.25) is 0 Å². The van der Waals surface area contributed by atoms with Crippen LogP contribution in [-0.4, -0.2) is 29.9 Å². The zero-order valence-electron chi connectivity index (χ0n) is 11.3. The Morgan fingerprint density at radius 1 is 1.15 bits per heavy atom. The molecule has 0 radical (unpaired) electrons. The van der Waals surface area contributed by atoms with Crippen molar-refractivity contribution < 1.29 is 14.7 Å². The standard InChI is InChI=1S/C15H18N2O3/c1-16-13-8-6-12(7-9-13)15(20)17-10-4-2-3-5-14(19)11-18/h6-9,18H,2-5,10-11H2,(H,17,20). The van der Waals surface area contributed by atoms with E-state index in [1.807, 2.05) is 0 Å². The van der Waals surface area contributed by atoms with Gasteiger partial charge in [0.2, 0.25) is 0 Å². The number of Topliss-reactive ketones (excluding diaryl/α,β-unsaturated/α-hetero) is 1. The van der Waals surface area contributed by atoms with Crippen molar-refractivity contribution >= 4 is 17.4 Å². The van der Waals surface area contributed by atoms with Crippen LogP contribution in [0.25, 0.3) is 4.85 Å². The van der Waals surface area contributed by atoms with Crippen molar-refractivity contribution in [1.29, 1.82) is 0 Å². The van der Waals surface area contributed by atoms with E-state index in [1.165, 1.54) is 0 Å². The Kier molecular flexibility index (Phi) is 7.01. The van der Waals surface area contributed by atoms with Gasteiger partial charge in [-0.05, 0) is 12.8 Å². The first kappa shape index (κ1) is 15.9. The van der Waals surface area contributed by atoms with E-state index in [0.717, 1.165) is 19.3 Å². The fourth-order valence-electron chi connectivity index (χ4n) is 1.69. The van der Waals surface area contributed by atoms with E-state index < -0.39 is 6.61 Å². The van der Waals surface area contributed by atoms with Crippen molar-refractivity contribution in [2.24, 2.45) is 0 Å². The van der Waals surface area contributed by atoms with Gasteiger partial charge < -0.3 is 10.4 Å². The first-order valence-corrected chi connectivity index (χ1v) is 6.55. The zero-order chi connectivity index (χ0) is 14.8. The molecule has 0 bridgehead atoms. The summed E-state index contributed by atoms with van der Waals surface area (Å²) >= 11 is 0. The van der Waals surface area contributed by atoms with Gasteiger partial charge in [0.15, 0.2) is 11.5 Å². The molecule has 106 valence electrons. The summed E-state index contributed by atoms with van der Waals surface area (Å²) in [7, 11) is 0. The lowest BCUT2D eigenvalue weighted by molar-refractivity contribution is -0.121.